The van der Waals surface area contributed by atoms with E-state index in [2.05, 4.69) is 31.1 Å². The molecule has 2 N–H and O–H groups in total. The van der Waals surface area contributed by atoms with Crippen LogP contribution in [0, 0.1) is 0 Å². The van der Waals surface area contributed by atoms with Crippen molar-refractivity contribution in [3.63, 3.8) is 0 Å². The quantitative estimate of drug-likeness (QED) is 0.699. The van der Waals surface area contributed by atoms with Gasteiger partial charge in [0.2, 0.25) is 0 Å². The van der Waals surface area contributed by atoms with Crippen molar-refractivity contribution in [3.8, 4) is 0 Å². The summed E-state index contributed by atoms with van der Waals surface area (Å²) in [6.07, 6.45) is 7.86. The predicted molar refractivity (Wildman–Crippen MR) is 73.3 cm³/mol. The molecule has 1 saturated carbocycles. The largest absolute Gasteiger partial charge is 0.390 e. The third-order valence-corrected chi connectivity index (χ3v) is 3.71. The fourth-order valence-electron chi connectivity index (χ4n) is 2.62. The van der Waals surface area contributed by atoms with Crippen molar-refractivity contribution in [1.82, 2.24) is 10.2 Å². The van der Waals surface area contributed by atoms with E-state index in [9.17, 15) is 5.11 Å². The molecule has 3 heteroatoms. The van der Waals surface area contributed by atoms with Crippen molar-refractivity contribution in [3.05, 3.63) is 0 Å². The van der Waals surface area contributed by atoms with Crippen LogP contribution in [0.5, 0.6) is 0 Å². The number of likely N-dealkylation sites (N-methyl/N-ethyl adjacent to an activating group) is 1. The Hall–Kier alpha value is -0.120. The first-order valence-corrected chi connectivity index (χ1v) is 7.21. The van der Waals surface area contributed by atoms with E-state index in [-0.39, 0.29) is 6.10 Å². The van der Waals surface area contributed by atoms with E-state index >= 15 is 0 Å². The molecule has 1 fully saturated rings. The Labute approximate surface area is 107 Å². The molecular formula is C14H30N2O. The van der Waals surface area contributed by atoms with E-state index in [4.69, 9.17) is 0 Å². The normalized spacial score (nSPS) is 20.8. The lowest BCUT2D eigenvalue weighted by molar-refractivity contribution is 0.0965. The summed E-state index contributed by atoms with van der Waals surface area (Å²) >= 11 is 0. The Morgan fingerprint density at radius 1 is 1.18 bits per heavy atom. The summed E-state index contributed by atoms with van der Waals surface area (Å²) in [5.74, 6) is 0. The Balaban J connectivity index is 2.23. The lowest BCUT2D eigenvalue weighted by Crippen LogP contribution is -2.42. The molecule has 3 nitrogen and oxygen atoms in total. The number of aliphatic hydroxyl groups is 1. The molecule has 0 aromatic heterocycles. The van der Waals surface area contributed by atoms with Gasteiger partial charge in [0, 0.05) is 25.2 Å². The van der Waals surface area contributed by atoms with Gasteiger partial charge < -0.3 is 15.3 Å². The standard InChI is InChI=1S/C14H30N2O/c1-12(2)15-10-14(17)11-16(3)13-8-6-4-5-7-9-13/h12-15,17H,4-11H2,1-3H3. The molecular weight excluding hydrogens is 212 g/mol. The molecule has 0 amide bonds. The van der Waals surface area contributed by atoms with Crippen LogP contribution in [0.3, 0.4) is 0 Å². The maximum Gasteiger partial charge on any atom is 0.0791 e. The van der Waals surface area contributed by atoms with Gasteiger partial charge in [0.15, 0.2) is 0 Å². The number of aliphatic hydroxyl groups excluding tert-OH is 1. The van der Waals surface area contributed by atoms with Crippen LogP contribution >= 0.6 is 0 Å². The molecule has 0 radical (unpaired) electrons. The Morgan fingerprint density at radius 2 is 1.76 bits per heavy atom. The molecule has 1 atom stereocenters. The predicted octanol–water partition coefficient (Wildman–Crippen LogP) is 2.00. The van der Waals surface area contributed by atoms with Crippen molar-refractivity contribution in [2.45, 2.75) is 70.6 Å². The molecule has 1 aliphatic rings. The van der Waals surface area contributed by atoms with Gasteiger partial charge in [0.05, 0.1) is 6.10 Å². The molecule has 0 saturated heterocycles. The zero-order valence-electron chi connectivity index (χ0n) is 11.8. The van der Waals surface area contributed by atoms with Gasteiger partial charge in [-0.15, -0.1) is 0 Å². The fourth-order valence-corrected chi connectivity index (χ4v) is 2.62. The molecule has 0 spiro atoms. The van der Waals surface area contributed by atoms with Gasteiger partial charge in [-0.1, -0.05) is 39.5 Å². The van der Waals surface area contributed by atoms with E-state index in [1.54, 1.807) is 0 Å². The van der Waals surface area contributed by atoms with Gasteiger partial charge in [-0.25, -0.2) is 0 Å². The van der Waals surface area contributed by atoms with Gasteiger partial charge in [-0.05, 0) is 19.9 Å². The number of nitrogens with zero attached hydrogens (tertiary/aromatic N) is 1. The zero-order chi connectivity index (χ0) is 12.7. The maximum atomic E-state index is 9.97. The Morgan fingerprint density at radius 3 is 2.29 bits per heavy atom. The molecule has 0 bridgehead atoms. The minimum Gasteiger partial charge on any atom is -0.390 e. The number of hydrogen-bond acceptors (Lipinski definition) is 3. The van der Waals surface area contributed by atoms with E-state index in [1.807, 2.05) is 0 Å². The lowest BCUT2D eigenvalue weighted by Gasteiger charge is -2.29. The average molecular weight is 242 g/mol. The van der Waals surface area contributed by atoms with E-state index in [0.717, 1.165) is 6.54 Å². The van der Waals surface area contributed by atoms with E-state index < -0.39 is 0 Å². The highest BCUT2D eigenvalue weighted by Gasteiger charge is 2.19. The summed E-state index contributed by atoms with van der Waals surface area (Å²) in [4.78, 5) is 2.36. The molecule has 0 aromatic rings. The highest BCUT2D eigenvalue weighted by molar-refractivity contribution is 4.75. The van der Waals surface area contributed by atoms with Crippen LogP contribution in [0.4, 0.5) is 0 Å². The molecule has 0 aliphatic heterocycles. The van der Waals surface area contributed by atoms with Crippen molar-refractivity contribution in [1.29, 1.82) is 0 Å². The highest BCUT2D eigenvalue weighted by atomic mass is 16.3. The van der Waals surface area contributed by atoms with Gasteiger partial charge in [-0.3, -0.25) is 0 Å². The van der Waals surface area contributed by atoms with E-state index in [0.29, 0.717) is 18.6 Å². The average Bonchev–Trinajstić information content (AvgIpc) is 2.54. The van der Waals surface area contributed by atoms with Crippen molar-refractivity contribution < 1.29 is 5.11 Å². The Kier molecular flexibility index (Phi) is 7.09. The summed E-state index contributed by atoms with van der Waals surface area (Å²) < 4.78 is 0. The maximum absolute atomic E-state index is 9.97. The first kappa shape index (κ1) is 14.9. The molecule has 1 unspecified atom stereocenters. The minimum absolute atomic E-state index is 0.245. The summed E-state index contributed by atoms with van der Waals surface area (Å²) in [6, 6.07) is 1.14. The highest BCUT2D eigenvalue weighted by Crippen LogP contribution is 2.20. The van der Waals surface area contributed by atoms with Gasteiger partial charge in [0.25, 0.3) is 0 Å². The second-order valence-electron chi connectivity index (χ2n) is 5.80. The number of nitrogens with one attached hydrogen (secondary N) is 1. The summed E-state index contributed by atoms with van der Waals surface area (Å²) in [5, 5.41) is 13.3. The zero-order valence-corrected chi connectivity index (χ0v) is 11.8. The second-order valence-corrected chi connectivity index (χ2v) is 5.80. The summed E-state index contributed by atoms with van der Waals surface area (Å²) in [6.45, 7) is 5.72. The third kappa shape index (κ3) is 6.39. The van der Waals surface area contributed by atoms with Crippen molar-refractivity contribution in [2.24, 2.45) is 0 Å². The molecule has 0 heterocycles. The lowest BCUT2D eigenvalue weighted by atomic mass is 10.1. The van der Waals surface area contributed by atoms with Crippen LogP contribution in [-0.4, -0.2) is 48.3 Å². The molecule has 1 rings (SSSR count). The van der Waals surface area contributed by atoms with Crippen molar-refractivity contribution >= 4 is 0 Å². The van der Waals surface area contributed by atoms with Crippen molar-refractivity contribution in [2.75, 3.05) is 20.1 Å². The molecule has 17 heavy (non-hydrogen) atoms. The molecule has 1 aliphatic carbocycles. The van der Waals surface area contributed by atoms with Gasteiger partial charge in [-0.2, -0.15) is 0 Å². The van der Waals surface area contributed by atoms with Crippen LogP contribution in [0.1, 0.15) is 52.4 Å². The summed E-state index contributed by atoms with van der Waals surface area (Å²) in [5.41, 5.74) is 0. The smallest absolute Gasteiger partial charge is 0.0791 e. The first-order chi connectivity index (χ1) is 8.09. The minimum atomic E-state index is -0.245. The van der Waals surface area contributed by atoms with Crippen LogP contribution < -0.4 is 5.32 Å². The number of hydrogen-bond donors (Lipinski definition) is 2. The summed E-state index contributed by atoms with van der Waals surface area (Å²) in [7, 11) is 2.16. The van der Waals surface area contributed by atoms with Gasteiger partial charge in [0.1, 0.15) is 0 Å². The second kappa shape index (κ2) is 8.06. The van der Waals surface area contributed by atoms with Crippen LogP contribution in [0.25, 0.3) is 0 Å². The SMILES string of the molecule is CC(C)NCC(O)CN(C)C1CCCCCC1. The Bertz CT molecular complexity index is 189. The monoisotopic (exact) mass is 242 g/mol. The van der Waals surface area contributed by atoms with Crippen LogP contribution in [0.2, 0.25) is 0 Å². The first-order valence-electron chi connectivity index (χ1n) is 7.21. The molecule has 0 aromatic carbocycles. The molecule has 102 valence electrons. The van der Waals surface area contributed by atoms with Crippen LogP contribution in [0.15, 0.2) is 0 Å². The van der Waals surface area contributed by atoms with E-state index in [1.165, 1.54) is 38.5 Å². The topological polar surface area (TPSA) is 35.5 Å². The van der Waals surface area contributed by atoms with Gasteiger partial charge >= 0.3 is 0 Å². The third-order valence-electron chi connectivity index (χ3n) is 3.71. The fraction of sp³-hybridized carbons (Fsp3) is 1.00. The van der Waals surface area contributed by atoms with Crippen LogP contribution in [-0.2, 0) is 0 Å². The number of rotatable bonds is 6.